The Morgan fingerprint density at radius 2 is 1.83 bits per heavy atom. The number of nitrogens with zero attached hydrogens (tertiary/aromatic N) is 1. The maximum atomic E-state index is 13.7. The van der Waals surface area contributed by atoms with E-state index in [0.29, 0.717) is 6.07 Å². The zero-order chi connectivity index (χ0) is 22.1. The molecule has 30 heavy (non-hydrogen) atoms. The van der Waals surface area contributed by atoms with Crippen LogP contribution in [0.25, 0.3) is 10.9 Å². The second-order valence-corrected chi connectivity index (χ2v) is 7.26. The van der Waals surface area contributed by atoms with Gasteiger partial charge in [-0.2, -0.15) is 13.2 Å². The Labute approximate surface area is 170 Å². The molecule has 0 aliphatic rings. The van der Waals surface area contributed by atoms with Crippen molar-refractivity contribution in [3.05, 3.63) is 81.4 Å². The van der Waals surface area contributed by atoms with E-state index in [2.05, 4.69) is 5.32 Å². The van der Waals surface area contributed by atoms with Crippen LogP contribution in [0.2, 0.25) is 0 Å². The molecule has 0 spiro atoms. The molecule has 0 aliphatic heterocycles. The second-order valence-electron chi connectivity index (χ2n) is 7.26. The van der Waals surface area contributed by atoms with Crippen LogP contribution < -0.4 is 10.7 Å². The summed E-state index contributed by atoms with van der Waals surface area (Å²) in [5.74, 6) is -1.04. The molecule has 4 nitrogen and oxygen atoms in total. The quantitative estimate of drug-likeness (QED) is 0.629. The number of aromatic nitrogens is 1. The Kier molecular flexibility index (Phi) is 5.96. The van der Waals surface area contributed by atoms with Crippen molar-refractivity contribution in [2.75, 3.05) is 0 Å². The van der Waals surface area contributed by atoms with Gasteiger partial charge in [0.2, 0.25) is 5.91 Å². The van der Waals surface area contributed by atoms with E-state index in [9.17, 15) is 27.2 Å². The molecular weight excluding hydrogens is 400 g/mol. The number of rotatable bonds is 5. The van der Waals surface area contributed by atoms with E-state index in [0.717, 1.165) is 10.1 Å². The van der Waals surface area contributed by atoms with E-state index in [-0.39, 0.29) is 29.4 Å². The number of carbonyl (C=O) groups is 1. The summed E-state index contributed by atoms with van der Waals surface area (Å²) in [6.45, 7) is 3.09. The summed E-state index contributed by atoms with van der Waals surface area (Å²) < 4.78 is 55.5. The number of amides is 1. The highest BCUT2D eigenvalue weighted by atomic mass is 19.4. The van der Waals surface area contributed by atoms with Gasteiger partial charge in [0.15, 0.2) is 5.43 Å². The van der Waals surface area contributed by atoms with E-state index in [1.807, 2.05) is 0 Å². The number of pyridine rings is 1. The molecule has 1 amide bonds. The van der Waals surface area contributed by atoms with Crippen molar-refractivity contribution in [3.63, 3.8) is 0 Å². The summed E-state index contributed by atoms with van der Waals surface area (Å²) in [4.78, 5) is 24.5. The molecule has 2 aromatic carbocycles. The van der Waals surface area contributed by atoms with Crippen LogP contribution in [0, 0.1) is 12.7 Å². The van der Waals surface area contributed by atoms with Gasteiger partial charge >= 0.3 is 6.18 Å². The lowest BCUT2D eigenvalue weighted by molar-refractivity contribution is -0.143. The highest BCUT2D eigenvalue weighted by Crippen LogP contribution is 2.31. The normalized spacial score (nSPS) is 12.7. The van der Waals surface area contributed by atoms with Crippen LogP contribution in [-0.2, 0) is 23.9 Å². The van der Waals surface area contributed by atoms with Gasteiger partial charge in [0, 0.05) is 24.0 Å². The molecule has 0 bridgehead atoms. The highest BCUT2D eigenvalue weighted by Gasteiger charge is 2.35. The summed E-state index contributed by atoms with van der Waals surface area (Å²) in [7, 11) is 0. The van der Waals surface area contributed by atoms with Crippen LogP contribution in [0.15, 0.2) is 53.3 Å². The number of alkyl halides is 3. The lowest BCUT2D eigenvalue weighted by Gasteiger charge is -2.22. The van der Waals surface area contributed by atoms with Gasteiger partial charge in [-0.25, -0.2) is 4.39 Å². The zero-order valence-electron chi connectivity index (χ0n) is 16.4. The van der Waals surface area contributed by atoms with Crippen LogP contribution in [0.1, 0.15) is 23.7 Å². The predicted molar refractivity (Wildman–Crippen MR) is 106 cm³/mol. The molecule has 8 heteroatoms. The molecule has 3 aromatic rings. The zero-order valence-corrected chi connectivity index (χ0v) is 16.4. The van der Waals surface area contributed by atoms with Crippen molar-refractivity contribution < 1.29 is 22.4 Å². The van der Waals surface area contributed by atoms with Crippen LogP contribution in [-0.4, -0.2) is 16.5 Å². The molecule has 0 aliphatic carbocycles. The summed E-state index contributed by atoms with van der Waals surface area (Å²) in [5, 5.41) is 2.78. The molecule has 0 radical (unpaired) electrons. The minimum Gasteiger partial charge on any atom is -0.352 e. The van der Waals surface area contributed by atoms with Crippen LogP contribution in [0.3, 0.4) is 0 Å². The fraction of sp³-hybridized carbons (Fsp3) is 0.273. The first-order valence-corrected chi connectivity index (χ1v) is 9.30. The molecule has 1 heterocycles. The first kappa shape index (κ1) is 21.5. The number of hydrogen-bond acceptors (Lipinski definition) is 2. The Morgan fingerprint density at radius 1 is 1.13 bits per heavy atom. The number of hydrogen-bond donors (Lipinski definition) is 1. The van der Waals surface area contributed by atoms with E-state index in [4.69, 9.17) is 0 Å². The molecule has 158 valence electrons. The molecule has 1 N–H and O–H groups in total. The van der Waals surface area contributed by atoms with Crippen molar-refractivity contribution >= 4 is 16.8 Å². The minimum absolute atomic E-state index is 0.135. The molecule has 3 rings (SSSR count). The van der Waals surface area contributed by atoms with Crippen molar-refractivity contribution in [1.82, 2.24) is 9.88 Å². The Balaban J connectivity index is 1.90. The number of aryl methyl sites for hydroxylation is 1. The Hall–Kier alpha value is -3.16. The van der Waals surface area contributed by atoms with E-state index in [1.54, 1.807) is 26.0 Å². The van der Waals surface area contributed by atoms with E-state index < -0.39 is 35.1 Å². The highest BCUT2D eigenvalue weighted by molar-refractivity contribution is 5.81. The fourth-order valence-corrected chi connectivity index (χ4v) is 3.38. The number of benzene rings is 2. The van der Waals surface area contributed by atoms with E-state index >= 15 is 0 Å². The van der Waals surface area contributed by atoms with Crippen LogP contribution in [0.4, 0.5) is 17.6 Å². The van der Waals surface area contributed by atoms with E-state index in [1.165, 1.54) is 30.3 Å². The maximum absolute atomic E-state index is 13.7. The van der Waals surface area contributed by atoms with Crippen molar-refractivity contribution in [1.29, 1.82) is 0 Å². The smallest absolute Gasteiger partial charge is 0.352 e. The molecule has 1 aromatic heterocycles. The molecule has 0 unspecified atom stereocenters. The topological polar surface area (TPSA) is 51.1 Å². The standard InChI is InChI=1S/C22H20F4N2O2/c1-13-7-8-18-16(9-13)19(29)11-20(22(24,25)26)28(18)12-14(2)27-21(30)10-15-5-3-4-6-17(15)23/h3-9,11,14H,10,12H2,1-2H3,(H,27,30)/t14-/m0/s1. The number of carbonyl (C=O) groups excluding carboxylic acids is 1. The SMILES string of the molecule is Cc1ccc2c(c1)c(=O)cc(C(F)(F)F)n2C[C@H](C)NC(=O)Cc1ccccc1F. The van der Waals surface area contributed by atoms with Gasteiger partial charge in [-0.15, -0.1) is 0 Å². The van der Waals surface area contributed by atoms with Crippen molar-refractivity contribution in [2.24, 2.45) is 0 Å². The van der Waals surface area contributed by atoms with Crippen LogP contribution in [0.5, 0.6) is 0 Å². The van der Waals surface area contributed by atoms with Gasteiger partial charge in [0.25, 0.3) is 0 Å². The third-order valence-corrected chi connectivity index (χ3v) is 4.73. The summed E-state index contributed by atoms with van der Waals surface area (Å²) >= 11 is 0. The number of fused-ring (bicyclic) bond motifs is 1. The first-order chi connectivity index (χ1) is 14.1. The third kappa shape index (κ3) is 4.69. The average Bonchev–Trinajstić information content (AvgIpc) is 2.64. The van der Waals surface area contributed by atoms with Gasteiger partial charge in [-0.1, -0.05) is 29.8 Å². The number of nitrogens with one attached hydrogen (secondary N) is 1. The van der Waals surface area contributed by atoms with Gasteiger partial charge in [-0.05, 0) is 37.6 Å². The largest absolute Gasteiger partial charge is 0.431 e. The molecule has 0 saturated heterocycles. The van der Waals surface area contributed by atoms with Crippen molar-refractivity contribution in [3.8, 4) is 0 Å². The van der Waals surface area contributed by atoms with Crippen molar-refractivity contribution in [2.45, 2.75) is 39.0 Å². The first-order valence-electron chi connectivity index (χ1n) is 9.30. The number of halogens is 4. The summed E-state index contributed by atoms with van der Waals surface area (Å²) in [6, 6.07) is 10.3. The molecular formula is C22H20F4N2O2. The minimum atomic E-state index is -4.74. The monoisotopic (exact) mass is 420 g/mol. The fourth-order valence-electron chi connectivity index (χ4n) is 3.38. The molecule has 0 fully saturated rings. The Bertz CT molecular complexity index is 1150. The van der Waals surface area contributed by atoms with Gasteiger partial charge in [-0.3, -0.25) is 9.59 Å². The molecule has 1 atom stereocenters. The lowest BCUT2D eigenvalue weighted by Crippen LogP contribution is -2.38. The van der Waals surface area contributed by atoms with Gasteiger partial charge in [0.1, 0.15) is 11.5 Å². The molecule has 0 saturated carbocycles. The van der Waals surface area contributed by atoms with Gasteiger partial charge in [0.05, 0.1) is 11.9 Å². The predicted octanol–water partition coefficient (Wildman–Crippen LogP) is 4.22. The average molecular weight is 420 g/mol. The summed E-state index contributed by atoms with van der Waals surface area (Å²) in [5.41, 5.74) is -0.720. The third-order valence-electron chi connectivity index (χ3n) is 4.73. The lowest BCUT2D eigenvalue weighted by atomic mass is 10.1. The second kappa shape index (κ2) is 8.30. The van der Waals surface area contributed by atoms with Crippen LogP contribution >= 0.6 is 0 Å². The Morgan fingerprint density at radius 3 is 2.50 bits per heavy atom. The maximum Gasteiger partial charge on any atom is 0.431 e. The van der Waals surface area contributed by atoms with Gasteiger partial charge < -0.3 is 9.88 Å². The summed E-state index contributed by atoms with van der Waals surface area (Å²) in [6.07, 6.45) is -4.97.